The predicted octanol–water partition coefficient (Wildman–Crippen LogP) is 0.402. The zero-order chi connectivity index (χ0) is 11.0. The fourth-order valence-electron chi connectivity index (χ4n) is 2.02. The largest absolute Gasteiger partial charge is 0.396 e. The van der Waals surface area contributed by atoms with Crippen LogP contribution in [-0.4, -0.2) is 51.7 Å². The molecule has 0 bridgehead atoms. The summed E-state index contributed by atoms with van der Waals surface area (Å²) in [6.07, 6.45) is 3.15. The van der Waals surface area contributed by atoms with Crippen LogP contribution in [0.25, 0.3) is 0 Å². The molecule has 1 atom stereocenters. The van der Waals surface area contributed by atoms with Crippen LogP contribution in [-0.2, 0) is 9.47 Å². The summed E-state index contributed by atoms with van der Waals surface area (Å²) in [5, 5.41) is 12.7. The highest BCUT2D eigenvalue weighted by atomic mass is 16.5. The number of methoxy groups -OCH3 is 1. The molecule has 4 heteroatoms. The SMILES string of the molecule is COCCOCCCC1(CO)CCNC1. The number of nitrogens with one attached hydrogen (secondary N) is 1. The van der Waals surface area contributed by atoms with Crippen LogP contribution in [0.1, 0.15) is 19.3 Å². The van der Waals surface area contributed by atoms with Crippen LogP contribution in [0.5, 0.6) is 0 Å². The first kappa shape index (κ1) is 12.9. The van der Waals surface area contributed by atoms with Crippen molar-refractivity contribution < 1.29 is 14.6 Å². The number of rotatable bonds is 8. The van der Waals surface area contributed by atoms with Gasteiger partial charge < -0.3 is 19.9 Å². The van der Waals surface area contributed by atoms with Gasteiger partial charge in [-0.1, -0.05) is 0 Å². The lowest BCUT2D eigenvalue weighted by Crippen LogP contribution is -2.28. The fraction of sp³-hybridized carbons (Fsp3) is 1.00. The summed E-state index contributed by atoms with van der Waals surface area (Å²) < 4.78 is 10.3. The minimum atomic E-state index is 0.116. The van der Waals surface area contributed by atoms with E-state index in [1.807, 2.05) is 0 Å². The quantitative estimate of drug-likeness (QED) is 0.578. The fourth-order valence-corrected chi connectivity index (χ4v) is 2.02. The molecule has 90 valence electrons. The monoisotopic (exact) mass is 217 g/mol. The number of aliphatic hydroxyl groups excluding tert-OH is 1. The van der Waals surface area contributed by atoms with Gasteiger partial charge in [0.25, 0.3) is 0 Å². The number of hydrogen-bond acceptors (Lipinski definition) is 4. The minimum Gasteiger partial charge on any atom is -0.396 e. The van der Waals surface area contributed by atoms with Gasteiger partial charge >= 0.3 is 0 Å². The maximum absolute atomic E-state index is 9.36. The average Bonchev–Trinajstić information content (AvgIpc) is 2.73. The Balaban J connectivity index is 2.02. The number of hydrogen-bond donors (Lipinski definition) is 2. The van der Waals surface area contributed by atoms with E-state index in [2.05, 4.69) is 5.32 Å². The van der Waals surface area contributed by atoms with Gasteiger partial charge in [0.1, 0.15) is 0 Å². The van der Waals surface area contributed by atoms with Gasteiger partial charge in [-0.15, -0.1) is 0 Å². The van der Waals surface area contributed by atoms with E-state index in [-0.39, 0.29) is 12.0 Å². The topological polar surface area (TPSA) is 50.7 Å². The van der Waals surface area contributed by atoms with Crippen molar-refractivity contribution in [2.45, 2.75) is 19.3 Å². The molecule has 4 nitrogen and oxygen atoms in total. The molecule has 1 aliphatic rings. The van der Waals surface area contributed by atoms with Gasteiger partial charge in [-0.25, -0.2) is 0 Å². The molecule has 0 saturated carbocycles. The highest BCUT2D eigenvalue weighted by Crippen LogP contribution is 2.30. The second-order valence-electron chi connectivity index (χ2n) is 4.29. The van der Waals surface area contributed by atoms with Crippen molar-refractivity contribution in [3.63, 3.8) is 0 Å². The molecule has 0 aromatic rings. The molecular weight excluding hydrogens is 194 g/mol. The predicted molar refractivity (Wildman–Crippen MR) is 58.9 cm³/mol. The van der Waals surface area contributed by atoms with E-state index in [9.17, 15) is 5.11 Å². The highest BCUT2D eigenvalue weighted by molar-refractivity contribution is 4.86. The Morgan fingerprint density at radius 1 is 1.33 bits per heavy atom. The summed E-state index contributed by atoms with van der Waals surface area (Å²) in [7, 11) is 1.67. The van der Waals surface area contributed by atoms with Gasteiger partial charge in [0.2, 0.25) is 0 Å². The zero-order valence-corrected chi connectivity index (χ0v) is 9.63. The molecule has 1 unspecified atom stereocenters. The summed E-state index contributed by atoms with van der Waals surface area (Å²) in [5.74, 6) is 0. The Hall–Kier alpha value is -0.160. The molecule has 1 heterocycles. The molecule has 0 aliphatic carbocycles. The van der Waals surface area contributed by atoms with Gasteiger partial charge in [-0.2, -0.15) is 0 Å². The first-order valence-electron chi connectivity index (χ1n) is 5.71. The van der Waals surface area contributed by atoms with E-state index in [0.717, 1.165) is 39.0 Å². The zero-order valence-electron chi connectivity index (χ0n) is 9.63. The van der Waals surface area contributed by atoms with Crippen LogP contribution < -0.4 is 5.32 Å². The van der Waals surface area contributed by atoms with Crippen LogP contribution in [0, 0.1) is 5.41 Å². The Labute approximate surface area is 92.0 Å². The van der Waals surface area contributed by atoms with Crippen molar-refractivity contribution in [1.82, 2.24) is 5.32 Å². The van der Waals surface area contributed by atoms with Crippen LogP contribution in [0.4, 0.5) is 0 Å². The summed E-state index contributed by atoms with van der Waals surface area (Å²) in [6, 6.07) is 0. The van der Waals surface area contributed by atoms with E-state index in [1.54, 1.807) is 7.11 Å². The summed E-state index contributed by atoms with van der Waals surface area (Å²) in [4.78, 5) is 0. The van der Waals surface area contributed by atoms with Crippen molar-refractivity contribution in [1.29, 1.82) is 0 Å². The Morgan fingerprint density at radius 2 is 2.20 bits per heavy atom. The molecule has 2 N–H and O–H groups in total. The number of ether oxygens (including phenoxy) is 2. The van der Waals surface area contributed by atoms with E-state index in [4.69, 9.17) is 9.47 Å². The third kappa shape index (κ3) is 4.47. The summed E-state index contributed by atoms with van der Waals surface area (Å²) in [6.45, 7) is 4.36. The Morgan fingerprint density at radius 3 is 2.80 bits per heavy atom. The van der Waals surface area contributed by atoms with E-state index >= 15 is 0 Å². The Kier molecular flexibility index (Phi) is 6.17. The highest BCUT2D eigenvalue weighted by Gasteiger charge is 2.32. The van der Waals surface area contributed by atoms with Crippen molar-refractivity contribution in [2.75, 3.05) is 46.6 Å². The molecular formula is C11H23NO3. The van der Waals surface area contributed by atoms with Crippen LogP contribution in [0.15, 0.2) is 0 Å². The van der Waals surface area contributed by atoms with Crippen LogP contribution in [0.3, 0.4) is 0 Å². The van der Waals surface area contributed by atoms with Gasteiger partial charge in [0.05, 0.1) is 13.2 Å². The lowest BCUT2D eigenvalue weighted by atomic mass is 9.83. The molecule has 1 rings (SSSR count). The average molecular weight is 217 g/mol. The molecule has 1 fully saturated rings. The minimum absolute atomic E-state index is 0.116. The second-order valence-corrected chi connectivity index (χ2v) is 4.29. The van der Waals surface area contributed by atoms with E-state index in [1.165, 1.54) is 0 Å². The lowest BCUT2D eigenvalue weighted by molar-refractivity contribution is 0.0582. The third-order valence-electron chi connectivity index (χ3n) is 3.10. The van der Waals surface area contributed by atoms with Crippen molar-refractivity contribution >= 4 is 0 Å². The molecule has 1 aliphatic heterocycles. The van der Waals surface area contributed by atoms with Crippen molar-refractivity contribution in [3.8, 4) is 0 Å². The van der Waals surface area contributed by atoms with Crippen LogP contribution in [0.2, 0.25) is 0 Å². The summed E-state index contributed by atoms with van der Waals surface area (Å²) >= 11 is 0. The maximum Gasteiger partial charge on any atom is 0.0700 e. The molecule has 0 radical (unpaired) electrons. The summed E-state index contributed by atoms with van der Waals surface area (Å²) in [5.41, 5.74) is 0.116. The molecule has 1 saturated heterocycles. The number of aliphatic hydroxyl groups is 1. The molecule has 0 aromatic heterocycles. The smallest absolute Gasteiger partial charge is 0.0700 e. The maximum atomic E-state index is 9.36. The first-order valence-corrected chi connectivity index (χ1v) is 5.71. The second kappa shape index (κ2) is 7.17. The van der Waals surface area contributed by atoms with Crippen molar-refractivity contribution in [2.24, 2.45) is 5.41 Å². The molecule has 0 spiro atoms. The van der Waals surface area contributed by atoms with Gasteiger partial charge in [-0.05, 0) is 25.8 Å². The standard InChI is InChI=1S/C11H23NO3/c1-14-7-8-15-6-2-3-11(10-13)4-5-12-9-11/h12-13H,2-10H2,1H3. The Bertz CT molecular complexity index is 158. The van der Waals surface area contributed by atoms with Crippen molar-refractivity contribution in [3.05, 3.63) is 0 Å². The molecule has 0 amide bonds. The third-order valence-corrected chi connectivity index (χ3v) is 3.10. The van der Waals surface area contributed by atoms with Gasteiger partial charge in [0.15, 0.2) is 0 Å². The molecule has 15 heavy (non-hydrogen) atoms. The van der Waals surface area contributed by atoms with E-state index in [0.29, 0.717) is 13.2 Å². The van der Waals surface area contributed by atoms with E-state index < -0.39 is 0 Å². The van der Waals surface area contributed by atoms with Gasteiger partial charge in [0, 0.05) is 32.3 Å². The normalized spacial score (nSPS) is 26.0. The lowest BCUT2D eigenvalue weighted by Gasteiger charge is -2.25. The van der Waals surface area contributed by atoms with Crippen LogP contribution >= 0.6 is 0 Å². The van der Waals surface area contributed by atoms with Gasteiger partial charge in [-0.3, -0.25) is 0 Å². The molecule has 0 aromatic carbocycles. The first-order chi connectivity index (χ1) is 7.33.